The van der Waals surface area contributed by atoms with Gasteiger partial charge in [-0.15, -0.1) is 22.7 Å². The van der Waals surface area contributed by atoms with Crippen molar-refractivity contribution in [3.05, 3.63) is 43.5 Å². The molecule has 146 valence electrons. The van der Waals surface area contributed by atoms with Crippen LogP contribution in [-0.2, 0) is 22.4 Å². The number of nitrogens with zero attached hydrogens (tertiary/aromatic N) is 1. The number of hydrogen-bond acceptors (Lipinski definition) is 6. The number of carbonyl (C=O) groups excluding carboxylic acids is 2. The van der Waals surface area contributed by atoms with Crippen molar-refractivity contribution in [3.63, 3.8) is 0 Å². The third-order valence-corrected chi connectivity index (χ3v) is 6.75. The van der Waals surface area contributed by atoms with Crippen LogP contribution in [0.5, 0.6) is 0 Å². The molecule has 1 amide bonds. The van der Waals surface area contributed by atoms with Gasteiger partial charge in [0.05, 0.1) is 12.2 Å². The number of carbonyl (C=O) groups is 2. The van der Waals surface area contributed by atoms with E-state index in [9.17, 15) is 14.9 Å². The van der Waals surface area contributed by atoms with E-state index in [0.717, 1.165) is 39.5 Å². The molecule has 0 fully saturated rings. The van der Waals surface area contributed by atoms with E-state index in [4.69, 9.17) is 4.74 Å². The molecule has 1 unspecified atom stereocenters. The molecule has 1 aliphatic rings. The summed E-state index contributed by atoms with van der Waals surface area (Å²) in [4.78, 5) is 28.3. The molecule has 2 aromatic rings. The summed E-state index contributed by atoms with van der Waals surface area (Å²) in [6, 6.07) is 5.78. The Morgan fingerprint density at radius 2 is 2.18 bits per heavy atom. The van der Waals surface area contributed by atoms with E-state index in [1.54, 1.807) is 13.0 Å². The topological polar surface area (TPSA) is 79.2 Å². The van der Waals surface area contributed by atoms with Gasteiger partial charge in [-0.05, 0) is 62.8 Å². The molecule has 28 heavy (non-hydrogen) atoms. The zero-order chi connectivity index (χ0) is 20.3. The van der Waals surface area contributed by atoms with E-state index in [1.165, 1.54) is 22.7 Å². The molecule has 2 heterocycles. The first-order valence-electron chi connectivity index (χ1n) is 9.24. The SMILES string of the molecule is CCOC(=O)c1c(NC(=O)/C(C#N)=C/c2ccc(C)s2)sc2c1CCC(C)C2. The Hall–Kier alpha value is -2.43. The Kier molecular flexibility index (Phi) is 6.32. The number of hydrogen-bond donors (Lipinski definition) is 1. The van der Waals surface area contributed by atoms with Crippen LogP contribution in [0.3, 0.4) is 0 Å². The van der Waals surface area contributed by atoms with Crippen molar-refractivity contribution in [1.29, 1.82) is 5.26 Å². The number of ether oxygens (including phenoxy) is 1. The van der Waals surface area contributed by atoms with Gasteiger partial charge in [0, 0.05) is 14.6 Å². The number of nitriles is 1. The van der Waals surface area contributed by atoms with Gasteiger partial charge in [0.15, 0.2) is 0 Å². The van der Waals surface area contributed by atoms with Crippen molar-refractivity contribution >= 4 is 45.6 Å². The van der Waals surface area contributed by atoms with Gasteiger partial charge in [0.25, 0.3) is 5.91 Å². The van der Waals surface area contributed by atoms with Crippen molar-refractivity contribution in [2.45, 2.75) is 40.0 Å². The fraction of sp³-hybridized carbons (Fsp3) is 0.381. The van der Waals surface area contributed by atoms with E-state index < -0.39 is 11.9 Å². The number of rotatable bonds is 5. The second-order valence-electron chi connectivity index (χ2n) is 6.85. The van der Waals surface area contributed by atoms with Crippen molar-refractivity contribution in [2.75, 3.05) is 11.9 Å². The summed E-state index contributed by atoms with van der Waals surface area (Å²) in [7, 11) is 0. The van der Waals surface area contributed by atoms with Crippen LogP contribution in [0.4, 0.5) is 5.00 Å². The van der Waals surface area contributed by atoms with Gasteiger partial charge in [-0.2, -0.15) is 5.26 Å². The molecule has 1 aliphatic carbocycles. The Labute approximate surface area is 172 Å². The van der Waals surface area contributed by atoms with Gasteiger partial charge in [-0.1, -0.05) is 6.92 Å². The van der Waals surface area contributed by atoms with Crippen molar-refractivity contribution in [1.82, 2.24) is 0 Å². The van der Waals surface area contributed by atoms with Crippen molar-refractivity contribution < 1.29 is 14.3 Å². The highest BCUT2D eigenvalue weighted by atomic mass is 32.1. The van der Waals surface area contributed by atoms with Crippen LogP contribution < -0.4 is 5.32 Å². The van der Waals surface area contributed by atoms with E-state index in [-0.39, 0.29) is 12.2 Å². The van der Waals surface area contributed by atoms with Gasteiger partial charge in [-0.3, -0.25) is 4.79 Å². The normalized spacial score (nSPS) is 16.2. The van der Waals surface area contributed by atoms with E-state index in [2.05, 4.69) is 12.2 Å². The molecule has 0 spiro atoms. The third-order valence-electron chi connectivity index (χ3n) is 4.63. The van der Waals surface area contributed by atoms with Gasteiger partial charge < -0.3 is 10.1 Å². The highest BCUT2D eigenvalue weighted by Crippen LogP contribution is 2.40. The van der Waals surface area contributed by atoms with Crippen LogP contribution in [0, 0.1) is 24.2 Å². The molecule has 0 saturated heterocycles. The summed E-state index contributed by atoms with van der Waals surface area (Å²) in [5, 5.41) is 12.7. The first kappa shape index (κ1) is 20.3. The fourth-order valence-corrected chi connectivity index (χ4v) is 5.46. The quantitative estimate of drug-likeness (QED) is 0.426. The molecule has 7 heteroatoms. The monoisotopic (exact) mass is 414 g/mol. The van der Waals surface area contributed by atoms with Crippen LogP contribution in [-0.4, -0.2) is 18.5 Å². The van der Waals surface area contributed by atoms with Gasteiger partial charge in [0.2, 0.25) is 0 Å². The maximum Gasteiger partial charge on any atom is 0.341 e. The van der Waals surface area contributed by atoms with Crippen molar-refractivity contribution in [3.8, 4) is 6.07 Å². The van der Waals surface area contributed by atoms with Gasteiger partial charge in [0.1, 0.15) is 16.6 Å². The van der Waals surface area contributed by atoms with Gasteiger partial charge >= 0.3 is 5.97 Å². The molecule has 0 aliphatic heterocycles. The average Bonchev–Trinajstić information content (AvgIpc) is 3.21. The third kappa shape index (κ3) is 4.34. The lowest BCUT2D eigenvalue weighted by atomic mass is 9.88. The number of aryl methyl sites for hydroxylation is 1. The number of fused-ring (bicyclic) bond motifs is 1. The molecular weight excluding hydrogens is 392 g/mol. The lowest BCUT2D eigenvalue weighted by Crippen LogP contribution is -2.17. The minimum Gasteiger partial charge on any atom is -0.462 e. The van der Waals surface area contributed by atoms with E-state index in [1.807, 2.05) is 25.1 Å². The van der Waals surface area contributed by atoms with E-state index >= 15 is 0 Å². The first-order valence-corrected chi connectivity index (χ1v) is 10.9. The molecule has 0 saturated carbocycles. The minimum absolute atomic E-state index is 0.0106. The molecule has 0 radical (unpaired) electrons. The zero-order valence-corrected chi connectivity index (χ0v) is 17.8. The average molecular weight is 415 g/mol. The smallest absolute Gasteiger partial charge is 0.341 e. The maximum absolute atomic E-state index is 12.7. The van der Waals surface area contributed by atoms with Crippen LogP contribution >= 0.6 is 22.7 Å². The first-order chi connectivity index (χ1) is 13.4. The van der Waals surface area contributed by atoms with Crippen molar-refractivity contribution in [2.24, 2.45) is 5.92 Å². The second kappa shape index (κ2) is 8.72. The predicted octanol–water partition coefficient (Wildman–Crippen LogP) is 4.97. The van der Waals surface area contributed by atoms with Crippen LogP contribution in [0.2, 0.25) is 0 Å². The number of amides is 1. The number of thiophene rings is 2. The van der Waals surface area contributed by atoms with Gasteiger partial charge in [-0.25, -0.2) is 4.79 Å². The largest absolute Gasteiger partial charge is 0.462 e. The van der Waals surface area contributed by atoms with E-state index in [0.29, 0.717) is 16.5 Å². The summed E-state index contributed by atoms with van der Waals surface area (Å²) in [6.45, 7) is 6.19. The molecule has 3 rings (SSSR count). The molecule has 5 nitrogen and oxygen atoms in total. The zero-order valence-electron chi connectivity index (χ0n) is 16.1. The predicted molar refractivity (Wildman–Crippen MR) is 113 cm³/mol. The standard InChI is InChI=1S/C21H22N2O3S2/c1-4-26-21(25)18-16-8-5-12(2)9-17(16)28-20(18)23-19(24)14(11-22)10-15-7-6-13(3)27-15/h6-7,10,12H,4-5,8-9H2,1-3H3,(H,23,24)/b14-10+. The Bertz CT molecular complexity index is 978. The molecule has 2 aromatic heterocycles. The Morgan fingerprint density at radius 1 is 1.39 bits per heavy atom. The highest BCUT2D eigenvalue weighted by molar-refractivity contribution is 7.17. The van der Waals surface area contributed by atoms with Crippen LogP contribution in [0.1, 0.15) is 50.8 Å². The summed E-state index contributed by atoms with van der Waals surface area (Å²) in [5.74, 6) is -0.381. The molecule has 0 bridgehead atoms. The number of esters is 1. The summed E-state index contributed by atoms with van der Waals surface area (Å²) in [6.07, 6.45) is 4.27. The lowest BCUT2D eigenvalue weighted by Gasteiger charge is -2.18. The highest BCUT2D eigenvalue weighted by Gasteiger charge is 2.29. The van der Waals surface area contributed by atoms with Crippen LogP contribution in [0.25, 0.3) is 6.08 Å². The number of nitrogens with one attached hydrogen (secondary N) is 1. The van der Waals surface area contributed by atoms with Crippen LogP contribution in [0.15, 0.2) is 17.7 Å². The Balaban J connectivity index is 1.92. The summed E-state index contributed by atoms with van der Waals surface area (Å²) in [5.41, 5.74) is 1.44. The molecule has 1 atom stereocenters. The maximum atomic E-state index is 12.7. The fourth-order valence-electron chi connectivity index (χ4n) is 3.25. The number of anilines is 1. The molecule has 1 N–H and O–H groups in total. The second-order valence-corrected chi connectivity index (χ2v) is 9.27. The molecular formula is C21H22N2O3S2. The summed E-state index contributed by atoms with van der Waals surface area (Å²) >= 11 is 2.93. The summed E-state index contributed by atoms with van der Waals surface area (Å²) < 4.78 is 5.23. The Morgan fingerprint density at radius 3 is 2.82 bits per heavy atom. The minimum atomic E-state index is -0.509. The molecule has 0 aromatic carbocycles. The lowest BCUT2D eigenvalue weighted by molar-refractivity contribution is -0.112.